The summed E-state index contributed by atoms with van der Waals surface area (Å²) in [7, 11) is -3.46. The minimum Gasteiger partial charge on any atom is -0.293 e. The number of carbonyl (C=O) groups is 1. The van der Waals surface area contributed by atoms with Crippen LogP contribution in [0.1, 0.15) is 15.9 Å². The smallest absolute Gasteiger partial charge is 0.181 e. The lowest BCUT2D eigenvalue weighted by Gasteiger charge is -2.14. The summed E-state index contributed by atoms with van der Waals surface area (Å²) in [6.07, 6.45) is 1.31. The van der Waals surface area contributed by atoms with E-state index in [1.165, 1.54) is 0 Å². The zero-order chi connectivity index (χ0) is 14.6. The molecule has 2 rings (SSSR count). The number of rotatable bonds is 5. The Hall–Kier alpha value is -1.94. The Morgan fingerprint density at radius 2 is 1.45 bits per heavy atom. The molecule has 4 heteroatoms. The van der Waals surface area contributed by atoms with Crippen LogP contribution >= 0.6 is 0 Å². The van der Waals surface area contributed by atoms with Gasteiger partial charge in [0.05, 0.1) is 0 Å². The molecular weight excluding hydrogens is 272 g/mol. The zero-order valence-corrected chi connectivity index (χ0v) is 12.0. The molecule has 0 heterocycles. The first-order chi connectivity index (χ1) is 9.48. The lowest BCUT2D eigenvalue weighted by molar-refractivity contribution is 0.0986. The van der Waals surface area contributed by atoms with E-state index in [2.05, 4.69) is 0 Å². The van der Waals surface area contributed by atoms with E-state index >= 15 is 0 Å². The maximum absolute atomic E-state index is 12.4. The van der Waals surface area contributed by atoms with E-state index in [-0.39, 0.29) is 12.2 Å². The Bertz CT molecular complexity index is 676. The molecule has 1 atom stereocenters. The van der Waals surface area contributed by atoms with E-state index in [0.717, 1.165) is 11.8 Å². The van der Waals surface area contributed by atoms with Crippen LogP contribution in [-0.4, -0.2) is 25.7 Å². The van der Waals surface area contributed by atoms with Crippen LogP contribution in [0.2, 0.25) is 0 Å². The van der Waals surface area contributed by atoms with Crippen LogP contribution in [0.25, 0.3) is 0 Å². The molecule has 0 aliphatic carbocycles. The Morgan fingerprint density at radius 1 is 0.950 bits per heavy atom. The minimum atomic E-state index is -3.46. The first-order valence-corrected chi connectivity index (χ1v) is 8.26. The highest BCUT2D eigenvalue weighted by Crippen LogP contribution is 2.15. The summed E-state index contributed by atoms with van der Waals surface area (Å²) in [6.45, 7) is 0. The summed E-state index contributed by atoms with van der Waals surface area (Å²) in [5, 5.41) is -1.03. The monoisotopic (exact) mass is 288 g/mol. The van der Waals surface area contributed by atoms with Gasteiger partial charge in [-0.3, -0.25) is 4.79 Å². The van der Waals surface area contributed by atoms with Crippen molar-refractivity contribution in [1.82, 2.24) is 0 Å². The standard InChI is InChI=1S/C16H16O3S/c1-20(18,19)15(12-13-8-4-2-5-9-13)16(17)14-10-6-3-7-11-14/h2-11,15H,12H2,1H3. The van der Waals surface area contributed by atoms with Crippen LogP contribution < -0.4 is 0 Å². The van der Waals surface area contributed by atoms with Crippen LogP contribution in [0.5, 0.6) is 0 Å². The molecule has 0 radical (unpaired) electrons. The van der Waals surface area contributed by atoms with Crippen LogP contribution in [0, 0.1) is 0 Å². The van der Waals surface area contributed by atoms with Crippen molar-refractivity contribution in [2.45, 2.75) is 11.7 Å². The molecule has 0 aliphatic heterocycles. The largest absolute Gasteiger partial charge is 0.293 e. The van der Waals surface area contributed by atoms with E-state index in [9.17, 15) is 13.2 Å². The molecule has 2 aromatic carbocycles. The quantitative estimate of drug-likeness (QED) is 0.794. The predicted molar refractivity (Wildman–Crippen MR) is 79.6 cm³/mol. The first kappa shape index (κ1) is 14.5. The fourth-order valence-electron chi connectivity index (χ4n) is 2.05. The van der Waals surface area contributed by atoms with Gasteiger partial charge in [0, 0.05) is 11.8 Å². The number of carbonyl (C=O) groups excluding carboxylic acids is 1. The second-order valence-electron chi connectivity index (χ2n) is 4.74. The van der Waals surface area contributed by atoms with Gasteiger partial charge in [-0.15, -0.1) is 0 Å². The van der Waals surface area contributed by atoms with Crippen molar-refractivity contribution < 1.29 is 13.2 Å². The molecule has 104 valence electrons. The van der Waals surface area contributed by atoms with Gasteiger partial charge in [0.15, 0.2) is 15.6 Å². The van der Waals surface area contributed by atoms with Crippen molar-refractivity contribution in [3.05, 3.63) is 71.8 Å². The van der Waals surface area contributed by atoms with Gasteiger partial charge in [-0.2, -0.15) is 0 Å². The van der Waals surface area contributed by atoms with Gasteiger partial charge in [-0.1, -0.05) is 60.7 Å². The molecule has 0 spiro atoms. The summed E-state index contributed by atoms with van der Waals surface area (Å²) in [6, 6.07) is 17.7. The number of hydrogen-bond donors (Lipinski definition) is 0. The van der Waals surface area contributed by atoms with Gasteiger partial charge in [0.25, 0.3) is 0 Å². The molecule has 1 unspecified atom stereocenters. The van der Waals surface area contributed by atoms with Crippen LogP contribution in [0.3, 0.4) is 0 Å². The van der Waals surface area contributed by atoms with Gasteiger partial charge >= 0.3 is 0 Å². The lowest BCUT2D eigenvalue weighted by Crippen LogP contribution is -2.31. The fourth-order valence-corrected chi connectivity index (χ4v) is 3.08. The number of Topliss-reactive ketones (excluding diaryl/α,β-unsaturated/α-hetero) is 1. The van der Waals surface area contributed by atoms with E-state index in [1.54, 1.807) is 30.3 Å². The molecule has 0 saturated heterocycles. The molecule has 0 aliphatic rings. The SMILES string of the molecule is CS(=O)(=O)C(Cc1ccccc1)C(=O)c1ccccc1. The second kappa shape index (κ2) is 6.01. The van der Waals surface area contributed by atoms with Crippen molar-refractivity contribution in [2.75, 3.05) is 6.26 Å². The minimum absolute atomic E-state index is 0.202. The van der Waals surface area contributed by atoms with Gasteiger partial charge in [0.1, 0.15) is 5.25 Å². The molecule has 0 N–H and O–H groups in total. The number of hydrogen-bond acceptors (Lipinski definition) is 3. The predicted octanol–water partition coefficient (Wildman–Crippen LogP) is 2.53. The molecule has 0 bridgehead atoms. The molecule has 3 nitrogen and oxygen atoms in total. The average molecular weight is 288 g/mol. The van der Waals surface area contributed by atoms with E-state index in [4.69, 9.17) is 0 Å². The van der Waals surface area contributed by atoms with Gasteiger partial charge in [-0.05, 0) is 12.0 Å². The van der Waals surface area contributed by atoms with Gasteiger partial charge < -0.3 is 0 Å². The number of sulfone groups is 1. The van der Waals surface area contributed by atoms with E-state index in [1.807, 2.05) is 30.3 Å². The Morgan fingerprint density at radius 3 is 1.95 bits per heavy atom. The summed E-state index contributed by atoms with van der Waals surface area (Å²) in [5.74, 6) is -0.350. The first-order valence-electron chi connectivity index (χ1n) is 6.30. The van der Waals surface area contributed by atoms with Crippen molar-refractivity contribution in [3.63, 3.8) is 0 Å². The fraction of sp³-hybridized carbons (Fsp3) is 0.188. The third kappa shape index (κ3) is 3.54. The van der Waals surface area contributed by atoms with E-state index < -0.39 is 15.1 Å². The Kier molecular flexibility index (Phi) is 4.35. The van der Waals surface area contributed by atoms with Gasteiger partial charge in [-0.25, -0.2) is 8.42 Å². The molecule has 0 aromatic heterocycles. The highest BCUT2D eigenvalue weighted by atomic mass is 32.2. The third-order valence-corrected chi connectivity index (χ3v) is 4.55. The van der Waals surface area contributed by atoms with Crippen LogP contribution in [-0.2, 0) is 16.3 Å². The number of ketones is 1. The summed E-state index contributed by atoms with van der Waals surface area (Å²) in [5.41, 5.74) is 1.27. The maximum atomic E-state index is 12.4. The Balaban J connectivity index is 2.32. The van der Waals surface area contributed by atoms with Crippen molar-refractivity contribution in [1.29, 1.82) is 0 Å². The molecular formula is C16H16O3S. The van der Waals surface area contributed by atoms with Gasteiger partial charge in [0.2, 0.25) is 0 Å². The summed E-state index contributed by atoms with van der Waals surface area (Å²) >= 11 is 0. The highest BCUT2D eigenvalue weighted by Gasteiger charge is 2.29. The van der Waals surface area contributed by atoms with Crippen molar-refractivity contribution >= 4 is 15.6 Å². The molecule has 0 saturated carbocycles. The number of benzene rings is 2. The Labute approximate surface area is 119 Å². The van der Waals surface area contributed by atoms with E-state index in [0.29, 0.717) is 5.56 Å². The van der Waals surface area contributed by atoms with Crippen LogP contribution in [0.4, 0.5) is 0 Å². The summed E-state index contributed by atoms with van der Waals surface area (Å²) in [4.78, 5) is 12.4. The highest BCUT2D eigenvalue weighted by molar-refractivity contribution is 7.92. The zero-order valence-electron chi connectivity index (χ0n) is 11.2. The molecule has 0 amide bonds. The van der Waals surface area contributed by atoms with Crippen molar-refractivity contribution in [2.24, 2.45) is 0 Å². The normalized spacial score (nSPS) is 12.8. The van der Waals surface area contributed by atoms with Crippen molar-refractivity contribution in [3.8, 4) is 0 Å². The lowest BCUT2D eigenvalue weighted by atomic mass is 10.0. The molecule has 20 heavy (non-hydrogen) atoms. The summed E-state index contributed by atoms with van der Waals surface area (Å²) < 4.78 is 23.9. The molecule has 0 fully saturated rings. The topological polar surface area (TPSA) is 51.2 Å². The second-order valence-corrected chi connectivity index (χ2v) is 6.97. The molecule has 2 aromatic rings. The maximum Gasteiger partial charge on any atom is 0.181 e. The third-order valence-electron chi connectivity index (χ3n) is 3.13. The van der Waals surface area contributed by atoms with Crippen LogP contribution in [0.15, 0.2) is 60.7 Å². The average Bonchev–Trinajstić information content (AvgIpc) is 2.45.